The smallest absolute Gasteiger partial charge is 0.0404 e. The summed E-state index contributed by atoms with van der Waals surface area (Å²) in [6.07, 6.45) is 0. The Kier molecular flexibility index (Phi) is 40.0. The zero-order chi connectivity index (χ0) is 23.7. The number of benzene rings is 1. The topological polar surface area (TPSA) is 12.9 Å². The average Bonchev–Trinajstić information content (AvgIpc) is 2.76. The summed E-state index contributed by atoms with van der Waals surface area (Å²) in [5.41, 5.74) is 7.60. The first kappa shape index (κ1) is 37.2. The summed E-state index contributed by atoms with van der Waals surface area (Å²) in [5, 5.41) is 0. The fourth-order valence-corrected chi connectivity index (χ4v) is 1.65. The number of pyridine rings is 1. The molecule has 0 amide bonds. The molecule has 0 saturated heterocycles. The second-order valence-corrected chi connectivity index (χ2v) is 4.94. The first-order valence-electron chi connectivity index (χ1n) is 11.3. The summed E-state index contributed by atoms with van der Waals surface area (Å²) in [5.74, 6) is 0. The van der Waals surface area contributed by atoms with Gasteiger partial charge in [-0.25, -0.2) is 0 Å². The summed E-state index contributed by atoms with van der Waals surface area (Å²) in [4.78, 5) is 4.27. The van der Waals surface area contributed by atoms with Crippen LogP contribution in [0.3, 0.4) is 0 Å². The van der Waals surface area contributed by atoms with Crippen molar-refractivity contribution in [3.63, 3.8) is 0 Å². The third-order valence-corrected chi connectivity index (χ3v) is 3.15. The highest BCUT2D eigenvalue weighted by Gasteiger charge is 1.90. The number of nitrogens with zero attached hydrogens (tertiary/aromatic N) is 1. The van der Waals surface area contributed by atoms with Gasteiger partial charge < -0.3 is 0 Å². The van der Waals surface area contributed by atoms with Crippen molar-refractivity contribution >= 4 is 0 Å². The summed E-state index contributed by atoms with van der Waals surface area (Å²) in [6, 6.07) is 10.6. The Morgan fingerprint density at radius 2 is 0.857 bits per heavy atom. The van der Waals surface area contributed by atoms with E-state index in [4.69, 9.17) is 0 Å². The van der Waals surface area contributed by atoms with Crippen molar-refractivity contribution in [2.45, 2.75) is 111 Å². The van der Waals surface area contributed by atoms with Gasteiger partial charge in [-0.05, 0) is 64.3 Å². The van der Waals surface area contributed by atoms with Crippen LogP contribution in [-0.2, 0) is 0 Å². The number of aromatic nitrogens is 1. The number of hydrogen-bond donors (Lipinski definition) is 0. The van der Waals surface area contributed by atoms with Gasteiger partial charge in [0.15, 0.2) is 0 Å². The van der Waals surface area contributed by atoms with Crippen molar-refractivity contribution in [2.75, 3.05) is 0 Å². The molecule has 0 aliphatic heterocycles. The third-order valence-electron chi connectivity index (χ3n) is 3.15. The van der Waals surface area contributed by atoms with Crippen LogP contribution in [0.2, 0.25) is 0 Å². The van der Waals surface area contributed by atoms with Crippen molar-refractivity contribution in [1.29, 1.82) is 0 Å². The normalized spacial score (nSPS) is 7.29. The van der Waals surface area contributed by atoms with Gasteiger partial charge in [-0.2, -0.15) is 0 Å². The highest BCUT2D eigenvalue weighted by molar-refractivity contribution is 5.28. The van der Waals surface area contributed by atoms with E-state index in [9.17, 15) is 0 Å². The second-order valence-electron chi connectivity index (χ2n) is 4.94. The Morgan fingerprint density at radius 1 is 0.464 bits per heavy atom. The number of rotatable bonds is 0. The Hall–Kier alpha value is -1.63. The van der Waals surface area contributed by atoms with Gasteiger partial charge in [0.25, 0.3) is 0 Å². The van der Waals surface area contributed by atoms with Crippen molar-refractivity contribution in [2.24, 2.45) is 0 Å². The maximum absolute atomic E-state index is 4.27. The van der Waals surface area contributed by atoms with Crippen LogP contribution < -0.4 is 0 Å². The zero-order valence-corrected chi connectivity index (χ0v) is 22.3. The fourth-order valence-electron chi connectivity index (χ4n) is 1.65. The van der Waals surface area contributed by atoms with Gasteiger partial charge in [0, 0.05) is 11.4 Å². The number of aryl methyl sites for hydroxylation is 6. The second kappa shape index (κ2) is 30.1. The predicted octanol–water partition coefficient (Wildman–Crippen LogP) is 9.75. The molecule has 0 fully saturated rings. The largest absolute Gasteiger partial charge is 0.258 e. The van der Waals surface area contributed by atoms with Crippen molar-refractivity contribution in [3.8, 4) is 0 Å². The van der Waals surface area contributed by atoms with Crippen LogP contribution in [0.1, 0.15) is 103 Å². The van der Waals surface area contributed by atoms with E-state index in [1.54, 1.807) is 0 Å². The SMILES string of the molecule is CC.CC.CC.CC.CC.Cc1ccc(C)c(C)c1.Cc1ccc(C)c(C)n1. The zero-order valence-electron chi connectivity index (χ0n) is 22.3. The van der Waals surface area contributed by atoms with E-state index in [1.807, 2.05) is 89.2 Å². The van der Waals surface area contributed by atoms with Gasteiger partial charge >= 0.3 is 0 Å². The van der Waals surface area contributed by atoms with Gasteiger partial charge in [0.05, 0.1) is 0 Å². The van der Waals surface area contributed by atoms with Gasteiger partial charge in [-0.3, -0.25) is 4.98 Å². The minimum absolute atomic E-state index is 1.10. The summed E-state index contributed by atoms with van der Waals surface area (Å²) in [7, 11) is 0. The van der Waals surface area contributed by atoms with E-state index in [2.05, 4.69) is 56.9 Å². The van der Waals surface area contributed by atoms with Crippen LogP contribution in [-0.4, -0.2) is 4.98 Å². The van der Waals surface area contributed by atoms with Gasteiger partial charge in [0.1, 0.15) is 0 Å². The Bertz CT molecular complexity index is 478. The lowest BCUT2D eigenvalue weighted by Crippen LogP contribution is -1.87. The van der Waals surface area contributed by atoms with E-state index in [1.165, 1.54) is 22.3 Å². The van der Waals surface area contributed by atoms with E-state index in [0.717, 1.165) is 11.4 Å². The van der Waals surface area contributed by atoms with E-state index >= 15 is 0 Å². The minimum Gasteiger partial charge on any atom is -0.258 e. The van der Waals surface area contributed by atoms with Gasteiger partial charge in [-0.1, -0.05) is 99.1 Å². The van der Waals surface area contributed by atoms with E-state index < -0.39 is 0 Å². The minimum atomic E-state index is 1.10. The first-order valence-corrected chi connectivity index (χ1v) is 11.3. The van der Waals surface area contributed by atoms with Crippen LogP contribution in [0.25, 0.3) is 0 Å². The lowest BCUT2D eigenvalue weighted by Gasteiger charge is -1.98. The summed E-state index contributed by atoms with van der Waals surface area (Å²) in [6.45, 7) is 32.5. The Balaban J connectivity index is -0.0000000874. The molecular formula is C27H53N. The molecule has 0 unspecified atom stereocenters. The lowest BCUT2D eigenvalue weighted by atomic mass is 10.1. The molecule has 2 aromatic rings. The molecule has 1 aromatic heterocycles. The van der Waals surface area contributed by atoms with Gasteiger partial charge in [0.2, 0.25) is 0 Å². The van der Waals surface area contributed by atoms with Crippen LogP contribution in [0.4, 0.5) is 0 Å². The molecule has 0 aliphatic carbocycles. The first-order chi connectivity index (χ1) is 13.4. The molecule has 1 heterocycles. The Morgan fingerprint density at radius 3 is 1.14 bits per heavy atom. The molecule has 2 rings (SSSR count). The number of hydrogen-bond acceptors (Lipinski definition) is 1. The maximum atomic E-state index is 4.27. The van der Waals surface area contributed by atoms with Crippen LogP contribution >= 0.6 is 0 Å². The van der Waals surface area contributed by atoms with Crippen LogP contribution in [0, 0.1) is 41.5 Å². The molecule has 0 atom stereocenters. The molecule has 1 aromatic carbocycles. The molecule has 28 heavy (non-hydrogen) atoms. The molecule has 0 bridgehead atoms. The average molecular weight is 392 g/mol. The molecule has 1 nitrogen and oxygen atoms in total. The standard InChI is InChI=1S/C9H12.C8H11N.5C2H6/c1-7-4-5-8(2)9(3)6-7;1-6-4-5-7(2)9-8(6)3;5*1-2/h4-6H,1-3H3;4-5H,1-3H3;5*1-2H3. The highest BCUT2D eigenvalue weighted by Crippen LogP contribution is 2.07. The van der Waals surface area contributed by atoms with Gasteiger partial charge in [-0.15, -0.1) is 0 Å². The maximum Gasteiger partial charge on any atom is 0.0404 e. The summed E-state index contributed by atoms with van der Waals surface area (Å²) < 4.78 is 0. The molecule has 0 radical (unpaired) electrons. The Labute approximate surface area is 180 Å². The van der Waals surface area contributed by atoms with Crippen molar-refractivity contribution in [1.82, 2.24) is 4.98 Å². The van der Waals surface area contributed by atoms with E-state index in [0.29, 0.717) is 0 Å². The van der Waals surface area contributed by atoms with Crippen LogP contribution in [0.5, 0.6) is 0 Å². The van der Waals surface area contributed by atoms with Crippen molar-refractivity contribution in [3.05, 3.63) is 64.0 Å². The van der Waals surface area contributed by atoms with E-state index in [-0.39, 0.29) is 0 Å². The molecular weight excluding hydrogens is 338 g/mol. The molecule has 0 saturated carbocycles. The molecule has 1 heteroatoms. The molecule has 0 N–H and O–H groups in total. The third kappa shape index (κ3) is 22.4. The predicted molar refractivity (Wildman–Crippen MR) is 136 cm³/mol. The van der Waals surface area contributed by atoms with Crippen LogP contribution in [0.15, 0.2) is 30.3 Å². The quantitative estimate of drug-likeness (QED) is 0.435. The lowest BCUT2D eigenvalue weighted by molar-refractivity contribution is 1.09. The fraction of sp³-hybridized carbons (Fsp3) is 0.593. The highest BCUT2D eigenvalue weighted by atomic mass is 14.7. The monoisotopic (exact) mass is 391 g/mol. The molecule has 166 valence electrons. The summed E-state index contributed by atoms with van der Waals surface area (Å²) >= 11 is 0. The van der Waals surface area contributed by atoms with Crippen molar-refractivity contribution < 1.29 is 0 Å². The molecule has 0 aliphatic rings. The molecule has 0 spiro atoms.